The van der Waals surface area contributed by atoms with E-state index in [1.165, 1.54) is 14.6 Å². The third kappa shape index (κ3) is 3.96. The Balaban J connectivity index is 1.16. The predicted octanol–water partition coefficient (Wildman–Crippen LogP) is 1.04. The highest BCUT2D eigenvalue weighted by Crippen LogP contribution is 2.25. The Morgan fingerprint density at radius 3 is 2.45 bits per heavy atom. The van der Waals surface area contributed by atoms with Gasteiger partial charge in [0, 0.05) is 0 Å². The molecule has 5 rings (SSSR count). The number of quaternary nitrogens is 2. The van der Waals surface area contributed by atoms with E-state index in [0.717, 1.165) is 61.9 Å². The largest absolute Gasteiger partial charge is 0.466 e. The first-order valence-corrected chi connectivity index (χ1v) is 10.9. The lowest BCUT2D eigenvalue weighted by Crippen LogP contribution is -3.27. The molecule has 0 spiro atoms. The minimum Gasteiger partial charge on any atom is -0.466 e. The average Bonchev–Trinajstić information content (AvgIpc) is 3.41. The van der Waals surface area contributed by atoms with Crippen molar-refractivity contribution in [2.45, 2.75) is 26.9 Å². The lowest BCUT2D eigenvalue weighted by atomic mass is 10.2. The Morgan fingerprint density at radius 2 is 1.72 bits per heavy atom. The van der Waals surface area contributed by atoms with Crippen LogP contribution < -0.4 is 9.80 Å². The molecule has 1 aliphatic heterocycles. The van der Waals surface area contributed by atoms with Gasteiger partial charge in [0.2, 0.25) is 0 Å². The van der Waals surface area contributed by atoms with Gasteiger partial charge >= 0.3 is 0 Å². The molecule has 4 heterocycles. The summed E-state index contributed by atoms with van der Waals surface area (Å²) in [6.07, 6.45) is 0. The molecular weight excluding hydrogens is 386 g/mol. The molecule has 3 aromatic heterocycles. The van der Waals surface area contributed by atoms with E-state index in [0.29, 0.717) is 11.8 Å². The molecule has 150 valence electrons. The van der Waals surface area contributed by atoms with Crippen molar-refractivity contribution >= 4 is 21.6 Å². The van der Waals surface area contributed by atoms with Crippen LogP contribution in [0.15, 0.2) is 39.2 Å². The van der Waals surface area contributed by atoms with Gasteiger partial charge in [0.1, 0.15) is 49.3 Å². The molecule has 1 aromatic carbocycles. The van der Waals surface area contributed by atoms with E-state index in [4.69, 9.17) is 13.8 Å². The number of fused-ring (bicyclic) bond motifs is 1. The molecule has 0 unspecified atom stereocenters. The van der Waals surface area contributed by atoms with Crippen LogP contribution in [0.4, 0.5) is 0 Å². The van der Waals surface area contributed by atoms with Crippen LogP contribution in [-0.2, 0) is 13.1 Å². The first kappa shape index (κ1) is 18.5. The van der Waals surface area contributed by atoms with Crippen LogP contribution >= 0.6 is 11.3 Å². The van der Waals surface area contributed by atoms with E-state index in [1.807, 2.05) is 31.3 Å². The van der Waals surface area contributed by atoms with Crippen molar-refractivity contribution in [3.05, 3.63) is 52.8 Å². The quantitative estimate of drug-likeness (QED) is 0.513. The summed E-state index contributed by atoms with van der Waals surface area (Å²) in [4.78, 5) is 7.88. The van der Waals surface area contributed by atoms with Gasteiger partial charge < -0.3 is 18.6 Å². The van der Waals surface area contributed by atoms with Gasteiger partial charge in [-0.15, -0.1) is 21.5 Å². The molecule has 0 bridgehead atoms. The van der Waals surface area contributed by atoms with Gasteiger partial charge in [-0.1, -0.05) is 12.1 Å². The number of aromatic nitrogens is 3. The normalized spacial score (nSPS) is 19.8. The van der Waals surface area contributed by atoms with Crippen molar-refractivity contribution < 1.29 is 18.6 Å². The number of piperazine rings is 1. The van der Waals surface area contributed by atoms with Crippen LogP contribution in [-0.4, -0.2) is 41.4 Å². The highest BCUT2D eigenvalue weighted by atomic mass is 32.1. The molecule has 2 N–H and O–H groups in total. The number of aryl methyl sites for hydroxylation is 2. The molecule has 1 aliphatic rings. The van der Waals surface area contributed by atoms with E-state index in [2.05, 4.69) is 34.5 Å². The van der Waals surface area contributed by atoms with Gasteiger partial charge in [0.15, 0.2) is 6.54 Å². The molecule has 29 heavy (non-hydrogen) atoms. The zero-order valence-electron chi connectivity index (χ0n) is 16.7. The number of hydrogen-bond donors (Lipinski definition) is 2. The minimum absolute atomic E-state index is 0.550. The smallest absolute Gasteiger partial charge is 0.271 e. The lowest BCUT2D eigenvalue weighted by molar-refractivity contribution is -1.02. The third-order valence-electron chi connectivity index (χ3n) is 5.54. The topological polar surface area (TPSA) is 73.8 Å². The Morgan fingerprint density at radius 1 is 0.966 bits per heavy atom. The number of nitrogens with one attached hydrogen (secondary N) is 2. The van der Waals surface area contributed by atoms with E-state index < -0.39 is 0 Å². The third-order valence-corrected chi connectivity index (χ3v) is 6.58. The molecule has 0 amide bonds. The summed E-state index contributed by atoms with van der Waals surface area (Å²) in [5.74, 6) is 2.92. The summed E-state index contributed by atoms with van der Waals surface area (Å²) < 4.78 is 12.8. The van der Waals surface area contributed by atoms with Crippen molar-refractivity contribution in [2.24, 2.45) is 0 Å². The van der Waals surface area contributed by atoms with Crippen molar-refractivity contribution in [2.75, 3.05) is 26.2 Å². The summed E-state index contributed by atoms with van der Waals surface area (Å²) >= 11 is 1.82. The van der Waals surface area contributed by atoms with Gasteiger partial charge in [0.25, 0.3) is 11.8 Å². The monoisotopic (exact) mass is 411 g/mol. The van der Waals surface area contributed by atoms with E-state index >= 15 is 0 Å². The molecule has 8 heteroatoms. The standard InChI is InChI=1S/C21H23N5O2S/c1-14-11-16(15(2)27-14)21-24-23-19(28-21)12-25-7-9-26(10-8-25)13-20-22-17-5-3-4-6-18(17)29-20/h3-6,11H,7-10,12-13H2,1-2H3/p+2. The lowest BCUT2D eigenvalue weighted by Gasteiger charge is -2.28. The van der Waals surface area contributed by atoms with E-state index in [9.17, 15) is 0 Å². The van der Waals surface area contributed by atoms with Crippen molar-refractivity contribution in [3.63, 3.8) is 0 Å². The first-order chi connectivity index (χ1) is 14.1. The minimum atomic E-state index is 0.550. The number of nitrogens with zero attached hydrogens (tertiary/aromatic N) is 3. The molecule has 1 fully saturated rings. The maximum Gasteiger partial charge on any atom is 0.271 e. The Kier molecular flexibility index (Phi) is 4.91. The highest BCUT2D eigenvalue weighted by Gasteiger charge is 2.26. The number of rotatable bonds is 5. The summed E-state index contributed by atoms with van der Waals surface area (Å²) in [5, 5.41) is 9.70. The highest BCUT2D eigenvalue weighted by molar-refractivity contribution is 7.18. The zero-order valence-corrected chi connectivity index (χ0v) is 17.5. The van der Waals surface area contributed by atoms with Crippen molar-refractivity contribution in [3.8, 4) is 11.5 Å². The van der Waals surface area contributed by atoms with Crippen LogP contribution in [0, 0.1) is 13.8 Å². The number of para-hydroxylation sites is 1. The second-order valence-corrected chi connectivity index (χ2v) is 8.87. The Bertz CT molecular complexity index is 1090. The van der Waals surface area contributed by atoms with E-state index in [1.54, 1.807) is 4.90 Å². The van der Waals surface area contributed by atoms with Crippen LogP contribution in [0.25, 0.3) is 21.7 Å². The van der Waals surface area contributed by atoms with Gasteiger partial charge in [-0.2, -0.15) is 0 Å². The van der Waals surface area contributed by atoms with Gasteiger partial charge in [-0.3, -0.25) is 0 Å². The molecule has 0 atom stereocenters. The fraction of sp³-hybridized carbons (Fsp3) is 0.381. The number of thiazole rings is 1. The first-order valence-electron chi connectivity index (χ1n) is 10.1. The van der Waals surface area contributed by atoms with Crippen LogP contribution in [0.1, 0.15) is 22.4 Å². The van der Waals surface area contributed by atoms with Crippen LogP contribution in [0.3, 0.4) is 0 Å². The fourth-order valence-electron chi connectivity index (χ4n) is 4.01. The van der Waals surface area contributed by atoms with E-state index in [-0.39, 0.29) is 0 Å². The summed E-state index contributed by atoms with van der Waals surface area (Å²) in [6, 6.07) is 10.3. The zero-order chi connectivity index (χ0) is 19.8. The molecule has 7 nitrogen and oxygen atoms in total. The maximum absolute atomic E-state index is 5.90. The Labute approximate surface area is 173 Å². The number of benzene rings is 1. The summed E-state index contributed by atoms with van der Waals surface area (Å²) in [5.41, 5.74) is 2.01. The molecule has 1 saturated heterocycles. The molecule has 4 aromatic rings. The SMILES string of the molecule is Cc1cc(-c2nnc(C[NH+]3CC[NH+](Cc4nc5ccccc5s4)CC3)o2)c(C)o1. The number of furan rings is 1. The van der Waals surface area contributed by atoms with Gasteiger partial charge in [-0.25, -0.2) is 4.98 Å². The molecule has 0 aliphatic carbocycles. The van der Waals surface area contributed by atoms with Crippen LogP contribution in [0.2, 0.25) is 0 Å². The maximum atomic E-state index is 5.90. The Hall–Kier alpha value is -2.55. The molecule has 0 saturated carbocycles. The average molecular weight is 412 g/mol. The second kappa shape index (κ2) is 7.70. The van der Waals surface area contributed by atoms with Crippen molar-refractivity contribution in [1.82, 2.24) is 15.2 Å². The number of hydrogen-bond acceptors (Lipinski definition) is 6. The molecular formula is C21H25N5O2S+2. The van der Waals surface area contributed by atoms with Crippen molar-refractivity contribution in [1.29, 1.82) is 0 Å². The predicted molar refractivity (Wildman–Crippen MR) is 110 cm³/mol. The second-order valence-electron chi connectivity index (χ2n) is 7.76. The molecule has 0 radical (unpaired) electrons. The summed E-state index contributed by atoms with van der Waals surface area (Å²) in [6.45, 7) is 10.1. The van der Waals surface area contributed by atoms with Gasteiger partial charge in [0.05, 0.1) is 15.8 Å². The van der Waals surface area contributed by atoms with Gasteiger partial charge in [-0.05, 0) is 32.0 Å². The van der Waals surface area contributed by atoms with Crippen LogP contribution in [0.5, 0.6) is 0 Å². The summed E-state index contributed by atoms with van der Waals surface area (Å²) in [7, 11) is 0. The fourth-order valence-corrected chi connectivity index (χ4v) is 5.05.